The summed E-state index contributed by atoms with van der Waals surface area (Å²) in [6.45, 7) is 5.26. The van der Waals surface area contributed by atoms with E-state index in [1.54, 1.807) is 0 Å². The molecular weight excluding hydrogens is 248 g/mol. The maximum Gasteiger partial charge on any atom is 0.155 e. The molecular formula is C16H24N4. The maximum absolute atomic E-state index is 4.46. The standard InChI is InChI=1S/C16H24N4/c1-12-4-3-5-15(7-6-12)17-9-14-10-18-16-8-13(2)19-20(16)11-14/h8,10-12,15,17H,3-7,9H2,1-2H3. The summed E-state index contributed by atoms with van der Waals surface area (Å²) < 4.78 is 1.88. The van der Waals surface area contributed by atoms with Crippen LogP contribution in [0.3, 0.4) is 0 Å². The first-order valence-electron chi connectivity index (χ1n) is 7.75. The normalized spacial score (nSPS) is 23.9. The summed E-state index contributed by atoms with van der Waals surface area (Å²) in [5.41, 5.74) is 3.15. The third-order valence-electron chi connectivity index (χ3n) is 4.34. The van der Waals surface area contributed by atoms with Crippen LogP contribution in [0, 0.1) is 12.8 Å². The van der Waals surface area contributed by atoms with E-state index in [4.69, 9.17) is 0 Å². The van der Waals surface area contributed by atoms with Gasteiger partial charge in [-0.05, 0) is 32.1 Å². The summed E-state index contributed by atoms with van der Waals surface area (Å²) in [5.74, 6) is 0.895. The molecule has 0 spiro atoms. The van der Waals surface area contributed by atoms with Gasteiger partial charge < -0.3 is 5.32 Å². The second-order valence-electron chi connectivity index (χ2n) is 6.24. The quantitative estimate of drug-likeness (QED) is 0.873. The van der Waals surface area contributed by atoms with Crippen molar-refractivity contribution in [1.82, 2.24) is 19.9 Å². The number of rotatable bonds is 3. The number of aryl methyl sites for hydroxylation is 1. The first-order chi connectivity index (χ1) is 9.70. The van der Waals surface area contributed by atoms with Crippen LogP contribution in [0.5, 0.6) is 0 Å². The van der Waals surface area contributed by atoms with E-state index in [1.165, 1.54) is 37.7 Å². The molecule has 3 rings (SSSR count). The molecule has 4 nitrogen and oxygen atoms in total. The third kappa shape index (κ3) is 3.18. The zero-order valence-electron chi connectivity index (χ0n) is 12.5. The van der Waals surface area contributed by atoms with Crippen molar-refractivity contribution in [1.29, 1.82) is 0 Å². The van der Waals surface area contributed by atoms with Gasteiger partial charge in [0.25, 0.3) is 0 Å². The molecule has 1 aliphatic carbocycles. The van der Waals surface area contributed by atoms with Crippen LogP contribution in [0.2, 0.25) is 0 Å². The van der Waals surface area contributed by atoms with Gasteiger partial charge in [-0.3, -0.25) is 0 Å². The first kappa shape index (κ1) is 13.6. The highest BCUT2D eigenvalue weighted by Gasteiger charge is 2.15. The SMILES string of the molecule is Cc1cc2ncc(CNC3CCCC(C)CC3)cn2n1. The van der Waals surface area contributed by atoms with E-state index in [0.717, 1.165) is 23.8 Å². The highest BCUT2D eigenvalue weighted by Crippen LogP contribution is 2.22. The van der Waals surface area contributed by atoms with Gasteiger partial charge in [0.05, 0.1) is 5.69 Å². The highest BCUT2D eigenvalue weighted by atomic mass is 15.2. The van der Waals surface area contributed by atoms with Crippen molar-refractivity contribution in [2.45, 2.75) is 58.5 Å². The Hall–Kier alpha value is -1.42. The summed E-state index contributed by atoms with van der Waals surface area (Å²) in [4.78, 5) is 4.46. The topological polar surface area (TPSA) is 42.2 Å². The zero-order valence-corrected chi connectivity index (χ0v) is 12.5. The van der Waals surface area contributed by atoms with Crippen molar-refractivity contribution in [3.63, 3.8) is 0 Å². The molecule has 0 amide bonds. The van der Waals surface area contributed by atoms with Gasteiger partial charge in [-0.15, -0.1) is 0 Å². The molecule has 108 valence electrons. The maximum atomic E-state index is 4.46. The van der Waals surface area contributed by atoms with Crippen LogP contribution < -0.4 is 5.32 Å². The van der Waals surface area contributed by atoms with Gasteiger partial charge >= 0.3 is 0 Å². The van der Waals surface area contributed by atoms with Crippen molar-refractivity contribution in [2.75, 3.05) is 0 Å². The Balaban J connectivity index is 1.61. The summed E-state index contributed by atoms with van der Waals surface area (Å²) in [6.07, 6.45) is 10.8. The summed E-state index contributed by atoms with van der Waals surface area (Å²) in [5, 5.41) is 8.11. The van der Waals surface area contributed by atoms with Crippen LogP contribution in [0.25, 0.3) is 5.65 Å². The number of nitrogens with one attached hydrogen (secondary N) is 1. The van der Waals surface area contributed by atoms with Gasteiger partial charge in [0.1, 0.15) is 0 Å². The van der Waals surface area contributed by atoms with E-state index >= 15 is 0 Å². The molecule has 0 radical (unpaired) electrons. The van der Waals surface area contributed by atoms with Crippen LogP contribution in [0.4, 0.5) is 0 Å². The largest absolute Gasteiger partial charge is 0.310 e. The lowest BCUT2D eigenvalue weighted by molar-refractivity contribution is 0.446. The van der Waals surface area contributed by atoms with Gasteiger partial charge in [-0.25, -0.2) is 9.50 Å². The molecule has 2 heterocycles. The number of fused-ring (bicyclic) bond motifs is 1. The van der Waals surface area contributed by atoms with E-state index in [9.17, 15) is 0 Å². The molecule has 2 unspecified atom stereocenters. The van der Waals surface area contributed by atoms with Crippen molar-refractivity contribution in [3.05, 3.63) is 29.7 Å². The fraction of sp³-hybridized carbons (Fsp3) is 0.625. The molecule has 1 aliphatic rings. The number of aromatic nitrogens is 3. The predicted octanol–water partition coefficient (Wildman–Crippen LogP) is 3.10. The Bertz CT molecular complexity index is 575. The molecule has 0 bridgehead atoms. The van der Waals surface area contributed by atoms with E-state index in [-0.39, 0.29) is 0 Å². The Labute approximate surface area is 120 Å². The van der Waals surface area contributed by atoms with E-state index < -0.39 is 0 Å². The lowest BCUT2D eigenvalue weighted by Crippen LogP contribution is -2.28. The molecule has 1 saturated carbocycles. The number of nitrogens with zero attached hydrogens (tertiary/aromatic N) is 3. The van der Waals surface area contributed by atoms with Crippen LogP contribution in [-0.2, 0) is 6.54 Å². The minimum Gasteiger partial charge on any atom is -0.310 e. The lowest BCUT2D eigenvalue weighted by Gasteiger charge is -2.16. The minimum absolute atomic E-state index is 0.662. The van der Waals surface area contributed by atoms with Crippen LogP contribution in [0.1, 0.15) is 50.3 Å². The average Bonchev–Trinajstić information content (AvgIpc) is 2.67. The molecule has 0 saturated heterocycles. The van der Waals surface area contributed by atoms with Gasteiger partial charge in [0.2, 0.25) is 0 Å². The van der Waals surface area contributed by atoms with Crippen molar-refractivity contribution >= 4 is 5.65 Å². The van der Waals surface area contributed by atoms with E-state index in [0.29, 0.717) is 6.04 Å². The van der Waals surface area contributed by atoms with Crippen LogP contribution in [-0.4, -0.2) is 20.6 Å². The Kier molecular flexibility index (Phi) is 4.01. The molecule has 1 fully saturated rings. The van der Waals surface area contributed by atoms with Gasteiger partial charge in [-0.1, -0.05) is 19.8 Å². The second-order valence-corrected chi connectivity index (χ2v) is 6.24. The van der Waals surface area contributed by atoms with E-state index in [1.807, 2.05) is 23.7 Å². The monoisotopic (exact) mass is 272 g/mol. The minimum atomic E-state index is 0.662. The molecule has 0 aliphatic heterocycles. The Morgan fingerprint density at radius 1 is 1.30 bits per heavy atom. The predicted molar refractivity (Wildman–Crippen MR) is 80.6 cm³/mol. The lowest BCUT2D eigenvalue weighted by atomic mass is 10.0. The van der Waals surface area contributed by atoms with Crippen molar-refractivity contribution in [2.24, 2.45) is 5.92 Å². The Morgan fingerprint density at radius 3 is 3.10 bits per heavy atom. The molecule has 2 aromatic heterocycles. The van der Waals surface area contributed by atoms with Crippen molar-refractivity contribution in [3.8, 4) is 0 Å². The molecule has 4 heteroatoms. The summed E-state index contributed by atoms with van der Waals surface area (Å²) in [7, 11) is 0. The van der Waals surface area contributed by atoms with Crippen molar-refractivity contribution < 1.29 is 0 Å². The molecule has 1 N–H and O–H groups in total. The van der Waals surface area contributed by atoms with Gasteiger partial charge in [0.15, 0.2) is 5.65 Å². The molecule has 20 heavy (non-hydrogen) atoms. The summed E-state index contributed by atoms with van der Waals surface area (Å²) in [6, 6.07) is 2.67. The number of hydrogen-bond acceptors (Lipinski definition) is 3. The molecule has 2 aromatic rings. The molecule has 2 atom stereocenters. The fourth-order valence-electron chi connectivity index (χ4n) is 3.08. The average molecular weight is 272 g/mol. The third-order valence-corrected chi connectivity index (χ3v) is 4.34. The van der Waals surface area contributed by atoms with Crippen LogP contribution >= 0.6 is 0 Å². The zero-order chi connectivity index (χ0) is 13.9. The first-order valence-corrected chi connectivity index (χ1v) is 7.75. The van der Waals surface area contributed by atoms with Crippen LogP contribution in [0.15, 0.2) is 18.5 Å². The molecule has 0 aromatic carbocycles. The van der Waals surface area contributed by atoms with Gasteiger partial charge in [0, 0.05) is 36.6 Å². The van der Waals surface area contributed by atoms with E-state index in [2.05, 4.69) is 28.5 Å². The smallest absolute Gasteiger partial charge is 0.155 e. The van der Waals surface area contributed by atoms with Gasteiger partial charge in [-0.2, -0.15) is 5.10 Å². The fourth-order valence-corrected chi connectivity index (χ4v) is 3.08. The summed E-state index contributed by atoms with van der Waals surface area (Å²) >= 11 is 0. The Morgan fingerprint density at radius 2 is 2.20 bits per heavy atom. The highest BCUT2D eigenvalue weighted by molar-refractivity contribution is 5.38. The number of hydrogen-bond donors (Lipinski definition) is 1. The second kappa shape index (κ2) is 5.92.